The van der Waals surface area contributed by atoms with Crippen LogP contribution in [0.15, 0.2) is 54.0 Å². The molecule has 0 saturated carbocycles. The standard InChI is InChI=1S/C18H18N2O2S/c1-22-16-7-4-14(5-8-16)13-18(21)20-11-10-15(19-20)6-9-17-3-2-12-23-17/h2-12,18,21H,13H2,1H3/b9-6+. The van der Waals surface area contributed by atoms with Crippen molar-refractivity contribution in [3.05, 3.63) is 70.2 Å². The average molecular weight is 326 g/mol. The molecule has 0 amide bonds. The maximum absolute atomic E-state index is 10.3. The maximum atomic E-state index is 10.3. The molecule has 4 nitrogen and oxygen atoms in total. The Labute approximate surface area is 139 Å². The van der Waals surface area contributed by atoms with Crippen molar-refractivity contribution in [1.29, 1.82) is 0 Å². The molecule has 3 rings (SSSR count). The molecule has 3 aromatic rings. The Balaban J connectivity index is 1.64. The average Bonchev–Trinajstić information content (AvgIpc) is 3.25. The Bertz CT molecular complexity index is 761. The van der Waals surface area contributed by atoms with Crippen LogP contribution in [-0.4, -0.2) is 22.0 Å². The summed E-state index contributed by atoms with van der Waals surface area (Å²) in [6.07, 6.45) is 5.57. The minimum Gasteiger partial charge on any atom is -0.497 e. The van der Waals surface area contributed by atoms with Gasteiger partial charge in [-0.15, -0.1) is 11.3 Å². The lowest BCUT2D eigenvalue weighted by atomic mass is 10.1. The number of rotatable bonds is 6. The number of methoxy groups -OCH3 is 1. The van der Waals surface area contributed by atoms with E-state index < -0.39 is 6.23 Å². The first-order valence-electron chi connectivity index (χ1n) is 7.32. The molecule has 118 valence electrons. The van der Waals surface area contributed by atoms with Crippen LogP contribution in [0.3, 0.4) is 0 Å². The van der Waals surface area contributed by atoms with Crippen LogP contribution >= 0.6 is 11.3 Å². The number of ether oxygens (including phenoxy) is 1. The van der Waals surface area contributed by atoms with Gasteiger partial charge in [-0.2, -0.15) is 5.10 Å². The van der Waals surface area contributed by atoms with Crippen molar-refractivity contribution in [2.45, 2.75) is 12.6 Å². The summed E-state index contributed by atoms with van der Waals surface area (Å²) in [6, 6.07) is 13.6. The zero-order valence-electron chi connectivity index (χ0n) is 12.8. The number of aliphatic hydroxyl groups excluding tert-OH is 1. The number of hydrogen-bond acceptors (Lipinski definition) is 4. The van der Waals surface area contributed by atoms with E-state index in [0.29, 0.717) is 6.42 Å². The predicted molar refractivity (Wildman–Crippen MR) is 93.4 cm³/mol. The van der Waals surface area contributed by atoms with Gasteiger partial charge in [0.05, 0.1) is 12.8 Å². The number of nitrogens with zero attached hydrogens (tertiary/aromatic N) is 2. The van der Waals surface area contributed by atoms with E-state index in [1.807, 2.05) is 53.9 Å². The number of hydrogen-bond donors (Lipinski definition) is 1. The van der Waals surface area contributed by atoms with Crippen molar-refractivity contribution in [2.24, 2.45) is 0 Å². The molecule has 0 aliphatic carbocycles. The number of aliphatic hydroxyl groups is 1. The van der Waals surface area contributed by atoms with Gasteiger partial charge in [0, 0.05) is 17.5 Å². The second kappa shape index (κ2) is 7.26. The highest BCUT2D eigenvalue weighted by Gasteiger charge is 2.09. The molecule has 5 heteroatoms. The molecule has 0 fully saturated rings. The van der Waals surface area contributed by atoms with Gasteiger partial charge >= 0.3 is 0 Å². The number of thiophene rings is 1. The normalized spacial score (nSPS) is 12.6. The summed E-state index contributed by atoms with van der Waals surface area (Å²) in [5, 5.41) is 16.8. The van der Waals surface area contributed by atoms with E-state index in [0.717, 1.165) is 17.0 Å². The fourth-order valence-electron chi connectivity index (χ4n) is 2.23. The van der Waals surface area contributed by atoms with E-state index >= 15 is 0 Å². The predicted octanol–water partition coefficient (Wildman–Crippen LogP) is 3.86. The summed E-state index contributed by atoms with van der Waals surface area (Å²) >= 11 is 1.68. The van der Waals surface area contributed by atoms with E-state index in [4.69, 9.17) is 4.74 Å². The molecule has 23 heavy (non-hydrogen) atoms. The van der Waals surface area contributed by atoms with Gasteiger partial charge in [0.2, 0.25) is 0 Å². The van der Waals surface area contributed by atoms with Crippen LogP contribution in [0.2, 0.25) is 0 Å². The molecule has 0 aliphatic heterocycles. The van der Waals surface area contributed by atoms with Gasteiger partial charge in [-0.05, 0) is 47.4 Å². The lowest BCUT2D eigenvalue weighted by Crippen LogP contribution is -2.11. The first-order chi connectivity index (χ1) is 11.2. The van der Waals surface area contributed by atoms with Gasteiger partial charge in [0.25, 0.3) is 0 Å². The zero-order valence-corrected chi connectivity index (χ0v) is 13.6. The van der Waals surface area contributed by atoms with Crippen LogP contribution < -0.4 is 4.74 Å². The molecule has 1 unspecified atom stereocenters. The highest BCUT2D eigenvalue weighted by molar-refractivity contribution is 7.10. The van der Waals surface area contributed by atoms with E-state index in [9.17, 15) is 5.11 Å². The second-order valence-electron chi connectivity index (χ2n) is 5.10. The fourth-order valence-corrected chi connectivity index (χ4v) is 2.85. The highest BCUT2D eigenvalue weighted by atomic mass is 32.1. The highest BCUT2D eigenvalue weighted by Crippen LogP contribution is 2.17. The second-order valence-corrected chi connectivity index (χ2v) is 6.08. The number of aromatic nitrogens is 2. The third-order valence-electron chi connectivity index (χ3n) is 3.47. The monoisotopic (exact) mass is 326 g/mol. The van der Waals surface area contributed by atoms with Crippen molar-refractivity contribution in [3.63, 3.8) is 0 Å². The van der Waals surface area contributed by atoms with Gasteiger partial charge in [0.1, 0.15) is 5.75 Å². The zero-order chi connectivity index (χ0) is 16.1. The van der Waals surface area contributed by atoms with Gasteiger partial charge in [0.15, 0.2) is 6.23 Å². The molecular weight excluding hydrogens is 308 g/mol. The van der Waals surface area contributed by atoms with Crippen molar-refractivity contribution in [3.8, 4) is 5.75 Å². The van der Waals surface area contributed by atoms with E-state index in [2.05, 4.69) is 11.2 Å². The van der Waals surface area contributed by atoms with Crippen LogP contribution in [0.4, 0.5) is 0 Å². The lowest BCUT2D eigenvalue weighted by molar-refractivity contribution is 0.0909. The molecular formula is C18H18N2O2S. The Morgan fingerprint density at radius 2 is 2.04 bits per heavy atom. The van der Waals surface area contributed by atoms with E-state index in [1.165, 1.54) is 4.88 Å². The van der Waals surface area contributed by atoms with Crippen LogP contribution in [0, 0.1) is 0 Å². The van der Waals surface area contributed by atoms with Gasteiger partial charge in [-0.3, -0.25) is 0 Å². The molecule has 0 saturated heterocycles. The topological polar surface area (TPSA) is 47.3 Å². The van der Waals surface area contributed by atoms with Crippen LogP contribution in [0.1, 0.15) is 22.4 Å². The summed E-state index contributed by atoms with van der Waals surface area (Å²) in [5.41, 5.74) is 1.86. The van der Waals surface area contributed by atoms with Gasteiger partial charge in [-0.1, -0.05) is 18.2 Å². The van der Waals surface area contributed by atoms with Crippen molar-refractivity contribution < 1.29 is 9.84 Å². The van der Waals surface area contributed by atoms with E-state index in [-0.39, 0.29) is 0 Å². The fraction of sp³-hybridized carbons (Fsp3) is 0.167. The van der Waals surface area contributed by atoms with Crippen LogP contribution in [0.5, 0.6) is 5.75 Å². The third-order valence-corrected chi connectivity index (χ3v) is 4.31. The minimum atomic E-state index is -0.688. The molecule has 1 atom stereocenters. The molecule has 0 radical (unpaired) electrons. The molecule has 0 bridgehead atoms. The van der Waals surface area contributed by atoms with Gasteiger partial charge < -0.3 is 9.84 Å². The third kappa shape index (κ3) is 4.09. The molecule has 1 N–H and O–H groups in total. The Morgan fingerprint density at radius 3 is 2.74 bits per heavy atom. The first-order valence-corrected chi connectivity index (χ1v) is 8.20. The van der Waals surface area contributed by atoms with Gasteiger partial charge in [-0.25, -0.2) is 4.68 Å². The van der Waals surface area contributed by atoms with Crippen LogP contribution in [0.25, 0.3) is 12.2 Å². The molecule has 2 heterocycles. The number of benzene rings is 1. The Kier molecular flexibility index (Phi) is 4.90. The summed E-state index contributed by atoms with van der Waals surface area (Å²) < 4.78 is 6.71. The first kappa shape index (κ1) is 15.5. The molecule has 1 aromatic carbocycles. The largest absolute Gasteiger partial charge is 0.497 e. The summed E-state index contributed by atoms with van der Waals surface area (Å²) in [6.45, 7) is 0. The molecule has 0 aliphatic rings. The summed E-state index contributed by atoms with van der Waals surface area (Å²) in [7, 11) is 1.64. The van der Waals surface area contributed by atoms with Crippen molar-refractivity contribution >= 4 is 23.5 Å². The van der Waals surface area contributed by atoms with Crippen LogP contribution in [-0.2, 0) is 6.42 Å². The molecule has 2 aromatic heterocycles. The van der Waals surface area contributed by atoms with E-state index in [1.54, 1.807) is 29.3 Å². The Hall–Kier alpha value is -2.37. The lowest BCUT2D eigenvalue weighted by Gasteiger charge is -2.11. The SMILES string of the molecule is COc1ccc(CC(O)n2ccc(/C=C/c3cccs3)n2)cc1. The Morgan fingerprint density at radius 1 is 1.22 bits per heavy atom. The summed E-state index contributed by atoms with van der Waals surface area (Å²) in [5.74, 6) is 0.809. The molecule has 0 spiro atoms. The summed E-state index contributed by atoms with van der Waals surface area (Å²) in [4.78, 5) is 1.18. The quantitative estimate of drug-likeness (QED) is 0.748. The van der Waals surface area contributed by atoms with Crippen molar-refractivity contribution in [2.75, 3.05) is 7.11 Å². The smallest absolute Gasteiger partial charge is 0.151 e. The maximum Gasteiger partial charge on any atom is 0.151 e. The van der Waals surface area contributed by atoms with Crippen molar-refractivity contribution in [1.82, 2.24) is 9.78 Å². The minimum absolute atomic E-state index is 0.500.